The topological polar surface area (TPSA) is 73.6 Å². The summed E-state index contributed by atoms with van der Waals surface area (Å²) in [5.41, 5.74) is -0.549. The van der Waals surface area contributed by atoms with Crippen LogP contribution in [0.25, 0.3) is 0 Å². The monoisotopic (exact) mass is 212 g/mol. The first kappa shape index (κ1) is 11.8. The average molecular weight is 212 g/mol. The van der Waals surface area contributed by atoms with Crippen LogP contribution in [0.2, 0.25) is 0 Å². The van der Waals surface area contributed by atoms with Gasteiger partial charge < -0.3 is 14.7 Å². The second kappa shape index (κ2) is 4.07. The van der Waals surface area contributed by atoms with Crippen molar-refractivity contribution < 1.29 is 14.6 Å². The molecule has 0 aliphatic carbocycles. The molecule has 84 valence electrons. The van der Waals surface area contributed by atoms with Gasteiger partial charge in [-0.25, -0.2) is 4.79 Å². The number of rotatable bonds is 0. The maximum Gasteiger partial charge on any atom is 0.410 e. The molecule has 0 spiro atoms. The summed E-state index contributed by atoms with van der Waals surface area (Å²) >= 11 is 0. The fourth-order valence-corrected chi connectivity index (χ4v) is 1.39. The number of hydrogen-bond donors (Lipinski definition) is 1. The molecular formula is C10H16N2O3. The zero-order chi connectivity index (χ0) is 11.6. The summed E-state index contributed by atoms with van der Waals surface area (Å²) < 4.78 is 5.13. The van der Waals surface area contributed by atoms with Gasteiger partial charge in [-0.05, 0) is 20.8 Å². The van der Waals surface area contributed by atoms with Gasteiger partial charge in [0.25, 0.3) is 0 Å². The molecular weight excluding hydrogens is 196 g/mol. The van der Waals surface area contributed by atoms with Gasteiger partial charge in [0.05, 0.1) is 24.6 Å². The van der Waals surface area contributed by atoms with E-state index in [2.05, 4.69) is 0 Å². The quantitative estimate of drug-likeness (QED) is 0.642. The third-order valence-corrected chi connectivity index (χ3v) is 2.11. The Kier molecular flexibility index (Phi) is 3.20. The van der Waals surface area contributed by atoms with Gasteiger partial charge in [-0.2, -0.15) is 5.26 Å². The molecule has 5 heteroatoms. The lowest BCUT2D eigenvalue weighted by Gasteiger charge is -2.24. The zero-order valence-electron chi connectivity index (χ0n) is 9.23. The van der Waals surface area contributed by atoms with Crippen LogP contribution in [0.4, 0.5) is 4.79 Å². The lowest BCUT2D eigenvalue weighted by molar-refractivity contribution is 0.0270. The molecule has 0 bridgehead atoms. The summed E-state index contributed by atoms with van der Waals surface area (Å²) in [6, 6.07) is 1.96. The molecule has 1 saturated heterocycles. The number of aliphatic hydroxyl groups excluding tert-OH is 1. The Morgan fingerprint density at radius 2 is 2.13 bits per heavy atom. The number of β-amino-alcohol motifs (C(OH)–C–C–N with tert-alkyl or cyclic N) is 1. The minimum Gasteiger partial charge on any atom is -0.444 e. The van der Waals surface area contributed by atoms with Crippen LogP contribution in [0.15, 0.2) is 0 Å². The molecule has 1 rings (SSSR count). The van der Waals surface area contributed by atoms with E-state index in [-0.39, 0.29) is 13.1 Å². The van der Waals surface area contributed by atoms with Gasteiger partial charge in [0.2, 0.25) is 0 Å². The van der Waals surface area contributed by atoms with Crippen molar-refractivity contribution in [3.63, 3.8) is 0 Å². The summed E-state index contributed by atoms with van der Waals surface area (Å²) in [5, 5.41) is 18.1. The van der Waals surface area contributed by atoms with Crippen LogP contribution in [-0.2, 0) is 4.74 Å². The lowest BCUT2D eigenvalue weighted by Crippen LogP contribution is -2.35. The first-order chi connectivity index (χ1) is 6.83. The number of carbonyl (C=O) groups is 1. The van der Waals surface area contributed by atoms with E-state index in [0.717, 1.165) is 0 Å². The van der Waals surface area contributed by atoms with E-state index in [4.69, 9.17) is 10.00 Å². The number of nitriles is 1. The summed E-state index contributed by atoms with van der Waals surface area (Å²) in [6.07, 6.45) is -1.23. The molecule has 0 radical (unpaired) electrons. The standard InChI is InChI=1S/C10H16N2O3/c1-10(2,3)15-9(14)12-5-7(4-11)8(13)6-12/h7-8,13H,5-6H2,1-3H3/t7-,8-/m0/s1. The minimum atomic E-state index is -0.762. The predicted molar refractivity (Wildman–Crippen MR) is 52.9 cm³/mol. The Balaban J connectivity index is 2.54. The van der Waals surface area contributed by atoms with Crippen molar-refractivity contribution in [1.29, 1.82) is 5.26 Å². The van der Waals surface area contributed by atoms with Gasteiger partial charge in [0.1, 0.15) is 5.60 Å². The van der Waals surface area contributed by atoms with E-state index < -0.39 is 23.7 Å². The number of carbonyl (C=O) groups excluding carboxylic acids is 1. The van der Waals surface area contributed by atoms with Crippen LogP contribution in [0.3, 0.4) is 0 Å². The van der Waals surface area contributed by atoms with Crippen molar-refractivity contribution in [2.45, 2.75) is 32.5 Å². The molecule has 1 aliphatic heterocycles. The summed E-state index contributed by atoms with van der Waals surface area (Å²) in [4.78, 5) is 12.9. The van der Waals surface area contributed by atoms with E-state index >= 15 is 0 Å². The first-order valence-corrected chi connectivity index (χ1v) is 4.89. The maximum atomic E-state index is 11.6. The van der Waals surface area contributed by atoms with E-state index in [0.29, 0.717) is 0 Å². The molecule has 5 nitrogen and oxygen atoms in total. The van der Waals surface area contributed by atoms with Gasteiger partial charge in [-0.15, -0.1) is 0 Å². The van der Waals surface area contributed by atoms with Crippen molar-refractivity contribution in [2.75, 3.05) is 13.1 Å². The maximum absolute atomic E-state index is 11.6. The molecule has 1 aliphatic rings. The summed E-state index contributed by atoms with van der Waals surface area (Å²) in [5.74, 6) is -0.502. The average Bonchev–Trinajstić information content (AvgIpc) is 2.43. The second-order valence-corrected chi connectivity index (χ2v) is 4.69. The Hall–Kier alpha value is -1.28. The van der Waals surface area contributed by atoms with Crippen LogP contribution in [0.5, 0.6) is 0 Å². The van der Waals surface area contributed by atoms with Gasteiger partial charge in [-0.3, -0.25) is 0 Å². The van der Waals surface area contributed by atoms with Crippen molar-refractivity contribution >= 4 is 6.09 Å². The van der Waals surface area contributed by atoms with Crippen LogP contribution in [0.1, 0.15) is 20.8 Å². The molecule has 0 aromatic rings. The second-order valence-electron chi connectivity index (χ2n) is 4.69. The van der Waals surface area contributed by atoms with Crippen LogP contribution in [-0.4, -0.2) is 40.9 Å². The molecule has 0 saturated carbocycles. The fraction of sp³-hybridized carbons (Fsp3) is 0.800. The molecule has 1 fully saturated rings. The SMILES string of the molecule is CC(C)(C)OC(=O)N1C[C@H](O)[C@@H](C#N)C1. The molecule has 1 heterocycles. The number of amides is 1. The van der Waals surface area contributed by atoms with Gasteiger partial charge in [-0.1, -0.05) is 0 Å². The van der Waals surface area contributed by atoms with Gasteiger partial charge in [0, 0.05) is 6.54 Å². The highest BCUT2D eigenvalue weighted by molar-refractivity contribution is 5.68. The normalized spacial score (nSPS) is 26.2. The molecule has 15 heavy (non-hydrogen) atoms. The van der Waals surface area contributed by atoms with Gasteiger partial charge in [0.15, 0.2) is 0 Å². The Bertz CT molecular complexity index is 290. The smallest absolute Gasteiger partial charge is 0.410 e. The molecule has 1 amide bonds. The zero-order valence-corrected chi connectivity index (χ0v) is 9.23. The van der Waals surface area contributed by atoms with E-state index in [9.17, 15) is 9.90 Å². The van der Waals surface area contributed by atoms with E-state index in [1.807, 2.05) is 6.07 Å². The number of hydrogen-bond acceptors (Lipinski definition) is 4. The van der Waals surface area contributed by atoms with Crippen LogP contribution >= 0.6 is 0 Å². The van der Waals surface area contributed by atoms with E-state index in [1.54, 1.807) is 20.8 Å². The van der Waals surface area contributed by atoms with Crippen molar-refractivity contribution in [3.05, 3.63) is 0 Å². The third kappa shape index (κ3) is 3.10. The lowest BCUT2D eigenvalue weighted by atomic mass is 10.1. The first-order valence-electron chi connectivity index (χ1n) is 4.89. The highest BCUT2D eigenvalue weighted by Crippen LogP contribution is 2.19. The van der Waals surface area contributed by atoms with E-state index in [1.165, 1.54) is 4.90 Å². The Morgan fingerprint density at radius 3 is 2.53 bits per heavy atom. The minimum absolute atomic E-state index is 0.174. The number of nitrogens with zero attached hydrogens (tertiary/aromatic N) is 2. The summed E-state index contributed by atoms with van der Waals surface area (Å²) in [7, 11) is 0. The Morgan fingerprint density at radius 1 is 1.53 bits per heavy atom. The molecule has 0 aromatic heterocycles. The molecule has 0 aromatic carbocycles. The molecule has 2 atom stereocenters. The number of aliphatic hydroxyl groups is 1. The van der Waals surface area contributed by atoms with Crippen molar-refractivity contribution in [1.82, 2.24) is 4.90 Å². The number of likely N-dealkylation sites (tertiary alicyclic amines) is 1. The third-order valence-electron chi connectivity index (χ3n) is 2.11. The van der Waals surface area contributed by atoms with Gasteiger partial charge >= 0.3 is 6.09 Å². The van der Waals surface area contributed by atoms with Crippen LogP contribution in [0, 0.1) is 17.2 Å². The highest BCUT2D eigenvalue weighted by atomic mass is 16.6. The highest BCUT2D eigenvalue weighted by Gasteiger charge is 2.36. The molecule has 0 unspecified atom stereocenters. The van der Waals surface area contributed by atoms with Crippen molar-refractivity contribution in [2.24, 2.45) is 5.92 Å². The molecule has 1 N–H and O–H groups in total. The number of ether oxygens (including phenoxy) is 1. The van der Waals surface area contributed by atoms with Crippen molar-refractivity contribution in [3.8, 4) is 6.07 Å². The van der Waals surface area contributed by atoms with Crippen LogP contribution < -0.4 is 0 Å². The predicted octanol–water partition coefficient (Wildman–Crippen LogP) is 0.738. The largest absolute Gasteiger partial charge is 0.444 e. The fourth-order valence-electron chi connectivity index (χ4n) is 1.39. The summed E-state index contributed by atoms with van der Waals surface area (Å²) in [6.45, 7) is 5.75. The Labute approximate surface area is 89.2 Å².